The number of ether oxygens (including phenoxy) is 2. The summed E-state index contributed by atoms with van der Waals surface area (Å²) in [6, 6.07) is 0. The summed E-state index contributed by atoms with van der Waals surface area (Å²) in [5, 5.41) is 0. The SMILES string of the molecule is CCC1CCC2(CCC(=O)O2)CC1.CCCCCCC#CC(=O)OC. The molecule has 1 aliphatic carbocycles. The van der Waals surface area contributed by atoms with Gasteiger partial charge >= 0.3 is 11.9 Å². The molecule has 0 atom stereocenters. The quantitative estimate of drug-likeness (QED) is 0.309. The summed E-state index contributed by atoms with van der Waals surface area (Å²) in [6.07, 6.45) is 13.2. The third-order valence-electron chi connectivity index (χ3n) is 5.24. The summed E-state index contributed by atoms with van der Waals surface area (Å²) in [5.74, 6) is 5.63. The van der Waals surface area contributed by atoms with Gasteiger partial charge in [-0.1, -0.05) is 45.5 Å². The van der Waals surface area contributed by atoms with Crippen molar-refractivity contribution in [2.75, 3.05) is 7.11 Å². The molecular formula is C21H34O4. The second-order valence-electron chi connectivity index (χ2n) is 7.11. The predicted octanol–water partition coefficient (Wildman–Crippen LogP) is 4.80. The van der Waals surface area contributed by atoms with Crippen molar-refractivity contribution in [3.8, 4) is 11.8 Å². The van der Waals surface area contributed by atoms with Crippen molar-refractivity contribution in [2.24, 2.45) is 5.92 Å². The first-order valence-electron chi connectivity index (χ1n) is 9.84. The molecule has 0 aromatic heterocycles. The fraction of sp³-hybridized carbons (Fsp3) is 0.810. The van der Waals surface area contributed by atoms with Gasteiger partial charge in [-0.25, -0.2) is 4.79 Å². The Morgan fingerprint density at radius 1 is 1.20 bits per heavy atom. The van der Waals surface area contributed by atoms with Gasteiger partial charge in [-0.3, -0.25) is 4.79 Å². The van der Waals surface area contributed by atoms with Crippen LogP contribution in [0.5, 0.6) is 0 Å². The van der Waals surface area contributed by atoms with Gasteiger partial charge < -0.3 is 9.47 Å². The van der Waals surface area contributed by atoms with E-state index in [1.165, 1.54) is 45.6 Å². The Bertz CT molecular complexity index is 464. The van der Waals surface area contributed by atoms with E-state index in [-0.39, 0.29) is 11.6 Å². The summed E-state index contributed by atoms with van der Waals surface area (Å²) < 4.78 is 9.81. The first-order chi connectivity index (χ1) is 12.0. The summed E-state index contributed by atoms with van der Waals surface area (Å²) in [6.45, 7) is 4.42. The largest absolute Gasteiger partial charge is 0.459 e. The molecule has 2 aliphatic rings. The Morgan fingerprint density at radius 3 is 2.44 bits per heavy atom. The summed E-state index contributed by atoms with van der Waals surface area (Å²) in [7, 11) is 1.34. The van der Waals surface area contributed by atoms with Gasteiger partial charge in [0.25, 0.3) is 0 Å². The minimum atomic E-state index is -0.439. The van der Waals surface area contributed by atoms with E-state index in [9.17, 15) is 9.59 Å². The first kappa shape index (κ1) is 21.5. The van der Waals surface area contributed by atoms with Crippen molar-refractivity contribution in [2.45, 2.75) is 96.5 Å². The first-order valence-corrected chi connectivity index (χ1v) is 9.84. The lowest BCUT2D eigenvalue weighted by atomic mass is 9.76. The molecule has 4 nitrogen and oxygen atoms in total. The Kier molecular flexibility index (Phi) is 10.3. The smallest absolute Gasteiger partial charge is 0.384 e. The normalized spacial score (nSPS) is 24.6. The average Bonchev–Trinajstić information content (AvgIpc) is 2.99. The van der Waals surface area contributed by atoms with E-state index >= 15 is 0 Å². The van der Waals surface area contributed by atoms with E-state index in [2.05, 4.69) is 30.4 Å². The van der Waals surface area contributed by atoms with Crippen LogP contribution in [0, 0.1) is 17.8 Å². The third-order valence-corrected chi connectivity index (χ3v) is 5.24. The van der Waals surface area contributed by atoms with E-state index < -0.39 is 5.97 Å². The van der Waals surface area contributed by atoms with Crippen LogP contribution in [-0.2, 0) is 19.1 Å². The Hall–Kier alpha value is -1.50. The molecule has 0 aromatic rings. The third kappa shape index (κ3) is 8.43. The predicted molar refractivity (Wildman–Crippen MR) is 98.9 cm³/mol. The van der Waals surface area contributed by atoms with Gasteiger partial charge in [-0.2, -0.15) is 0 Å². The zero-order valence-electron chi connectivity index (χ0n) is 16.2. The highest BCUT2D eigenvalue weighted by Gasteiger charge is 2.42. The molecule has 1 saturated heterocycles. The zero-order chi connectivity index (χ0) is 18.5. The Morgan fingerprint density at radius 2 is 1.92 bits per heavy atom. The van der Waals surface area contributed by atoms with Gasteiger partial charge in [0.15, 0.2) is 0 Å². The summed E-state index contributed by atoms with van der Waals surface area (Å²) in [5.41, 5.74) is -0.0250. The molecule has 0 amide bonds. The lowest BCUT2D eigenvalue weighted by Crippen LogP contribution is -2.33. The van der Waals surface area contributed by atoms with Crippen LogP contribution in [0.2, 0.25) is 0 Å². The highest BCUT2D eigenvalue weighted by Crippen LogP contribution is 2.42. The highest BCUT2D eigenvalue weighted by molar-refractivity contribution is 5.88. The maximum Gasteiger partial charge on any atom is 0.384 e. The monoisotopic (exact) mass is 350 g/mol. The van der Waals surface area contributed by atoms with Crippen LogP contribution in [0.4, 0.5) is 0 Å². The van der Waals surface area contributed by atoms with Gasteiger partial charge in [-0.15, -0.1) is 0 Å². The van der Waals surface area contributed by atoms with Gasteiger partial charge in [0.1, 0.15) is 5.60 Å². The molecule has 0 bridgehead atoms. The van der Waals surface area contributed by atoms with Gasteiger partial charge in [0, 0.05) is 18.8 Å². The van der Waals surface area contributed by atoms with Crippen molar-refractivity contribution < 1.29 is 19.1 Å². The number of rotatable bonds is 5. The molecule has 0 radical (unpaired) electrons. The standard InChI is InChI=1S/C11H18O2.C10H16O2/c1-2-9-3-6-11(7-4-9)8-5-10(12)13-11;1-3-4-5-6-7-8-9-10(11)12-2/h9H,2-8H2,1H3;3-7H2,1-2H3. The molecule has 0 aromatic carbocycles. The van der Waals surface area contributed by atoms with Crippen molar-refractivity contribution >= 4 is 11.9 Å². The van der Waals surface area contributed by atoms with Crippen LogP contribution in [-0.4, -0.2) is 24.6 Å². The fourth-order valence-electron chi connectivity index (χ4n) is 3.46. The fourth-order valence-corrected chi connectivity index (χ4v) is 3.46. The second kappa shape index (κ2) is 12.0. The van der Waals surface area contributed by atoms with Crippen LogP contribution in [0.15, 0.2) is 0 Å². The van der Waals surface area contributed by atoms with Gasteiger partial charge in [-0.05, 0) is 44.4 Å². The van der Waals surface area contributed by atoms with Crippen LogP contribution in [0.1, 0.15) is 90.9 Å². The van der Waals surface area contributed by atoms with Crippen molar-refractivity contribution in [1.29, 1.82) is 0 Å². The molecule has 142 valence electrons. The number of unbranched alkanes of at least 4 members (excludes halogenated alkanes) is 4. The van der Waals surface area contributed by atoms with Crippen molar-refractivity contribution in [1.82, 2.24) is 0 Å². The molecule has 0 N–H and O–H groups in total. The molecule has 1 saturated carbocycles. The number of esters is 2. The summed E-state index contributed by atoms with van der Waals surface area (Å²) >= 11 is 0. The number of hydrogen-bond donors (Lipinski definition) is 0. The second-order valence-corrected chi connectivity index (χ2v) is 7.11. The number of carbonyl (C=O) groups is 2. The molecule has 25 heavy (non-hydrogen) atoms. The number of methoxy groups -OCH3 is 1. The highest BCUT2D eigenvalue weighted by atomic mass is 16.6. The van der Waals surface area contributed by atoms with Crippen molar-refractivity contribution in [3.05, 3.63) is 0 Å². The minimum absolute atomic E-state index is 0.0231. The number of hydrogen-bond acceptors (Lipinski definition) is 4. The molecule has 1 aliphatic heterocycles. The summed E-state index contributed by atoms with van der Waals surface area (Å²) in [4.78, 5) is 21.6. The van der Waals surface area contributed by atoms with Crippen molar-refractivity contribution in [3.63, 3.8) is 0 Å². The Balaban J connectivity index is 0.000000252. The Labute approximate surface area is 153 Å². The molecule has 4 heteroatoms. The van der Waals surface area contributed by atoms with E-state index in [0.29, 0.717) is 6.42 Å². The molecule has 1 heterocycles. The van der Waals surface area contributed by atoms with Crippen LogP contribution in [0.3, 0.4) is 0 Å². The number of carbonyl (C=O) groups excluding carboxylic acids is 2. The topological polar surface area (TPSA) is 52.6 Å². The molecule has 1 spiro atoms. The van der Waals surface area contributed by atoms with Crippen LogP contribution >= 0.6 is 0 Å². The molecule has 2 fully saturated rings. The molecule has 2 rings (SSSR count). The van der Waals surface area contributed by atoms with E-state index in [1.807, 2.05) is 0 Å². The van der Waals surface area contributed by atoms with E-state index in [0.717, 1.165) is 38.0 Å². The lowest BCUT2D eigenvalue weighted by Gasteiger charge is -2.35. The maximum absolute atomic E-state index is 11.0. The van der Waals surface area contributed by atoms with Gasteiger partial charge in [0.2, 0.25) is 0 Å². The molecular weight excluding hydrogens is 316 g/mol. The average molecular weight is 350 g/mol. The van der Waals surface area contributed by atoms with E-state index in [1.54, 1.807) is 0 Å². The van der Waals surface area contributed by atoms with Gasteiger partial charge in [0.05, 0.1) is 7.11 Å². The van der Waals surface area contributed by atoms with E-state index in [4.69, 9.17) is 4.74 Å². The molecule has 0 unspecified atom stereocenters. The zero-order valence-corrected chi connectivity index (χ0v) is 16.2. The lowest BCUT2D eigenvalue weighted by molar-refractivity contribution is -0.151. The maximum atomic E-state index is 11.0. The van der Waals surface area contributed by atoms with Crippen LogP contribution in [0.25, 0.3) is 0 Å². The van der Waals surface area contributed by atoms with Crippen LogP contribution < -0.4 is 0 Å². The minimum Gasteiger partial charge on any atom is -0.459 e.